The van der Waals surface area contributed by atoms with Gasteiger partial charge in [-0.1, -0.05) is 18.2 Å². The average Bonchev–Trinajstić information content (AvgIpc) is 3.26. The molecule has 0 aliphatic carbocycles. The second-order valence-electron chi connectivity index (χ2n) is 6.63. The molecule has 0 bridgehead atoms. The van der Waals surface area contributed by atoms with Crippen molar-refractivity contribution in [3.05, 3.63) is 99.2 Å². The molecular weight excluding hydrogens is 373 g/mol. The van der Waals surface area contributed by atoms with Crippen LogP contribution in [-0.4, -0.2) is 24.3 Å². The van der Waals surface area contributed by atoms with Crippen LogP contribution in [0.25, 0.3) is 27.6 Å². The summed E-state index contributed by atoms with van der Waals surface area (Å²) in [4.78, 5) is 30.4. The largest absolute Gasteiger partial charge is 0.310 e. The van der Waals surface area contributed by atoms with Crippen molar-refractivity contribution in [2.75, 3.05) is 0 Å². The first-order valence-electron chi connectivity index (χ1n) is 8.90. The van der Waals surface area contributed by atoms with Gasteiger partial charge in [0, 0.05) is 24.0 Å². The van der Waals surface area contributed by atoms with Crippen LogP contribution in [0, 0.1) is 5.82 Å². The Hall–Kier alpha value is -4.07. The molecule has 29 heavy (non-hydrogen) atoms. The average molecular weight is 387 g/mol. The van der Waals surface area contributed by atoms with E-state index >= 15 is 0 Å². The van der Waals surface area contributed by atoms with E-state index in [0.29, 0.717) is 33.2 Å². The molecule has 0 unspecified atom stereocenters. The molecule has 0 aliphatic rings. The Balaban J connectivity index is 1.70. The maximum absolute atomic E-state index is 14.0. The lowest BCUT2D eigenvalue weighted by Gasteiger charge is -2.09. The maximum Gasteiger partial charge on any atom is 0.265 e. The topological polar surface area (TPSA) is 85.6 Å². The molecule has 8 heteroatoms. The summed E-state index contributed by atoms with van der Waals surface area (Å²) in [6.45, 7) is 0.0899. The van der Waals surface area contributed by atoms with E-state index in [2.05, 4.69) is 15.2 Å². The van der Waals surface area contributed by atoms with Crippen molar-refractivity contribution in [3.63, 3.8) is 0 Å². The molecule has 0 saturated heterocycles. The van der Waals surface area contributed by atoms with Crippen LogP contribution in [0.3, 0.4) is 0 Å². The van der Waals surface area contributed by atoms with E-state index in [-0.39, 0.29) is 23.5 Å². The van der Waals surface area contributed by atoms with Gasteiger partial charge in [0.25, 0.3) is 11.1 Å². The van der Waals surface area contributed by atoms with Crippen LogP contribution in [-0.2, 0) is 6.54 Å². The standard InChI is InChI=1S/C21H14FN5O2/c22-16-4-2-1-3-13(16)12-26-9-6-17-14(20(26)28)11-15-18(24-17)7-10-27(21(15)29)19-5-8-23-25-19/h1-11H,12H2,(H,23,25). The molecule has 7 nitrogen and oxygen atoms in total. The van der Waals surface area contributed by atoms with Gasteiger partial charge in [-0.25, -0.2) is 9.37 Å². The minimum Gasteiger partial charge on any atom is -0.310 e. The van der Waals surface area contributed by atoms with Crippen LogP contribution in [0.5, 0.6) is 0 Å². The first kappa shape index (κ1) is 17.1. The summed E-state index contributed by atoms with van der Waals surface area (Å²) >= 11 is 0. The van der Waals surface area contributed by atoms with E-state index in [1.54, 1.807) is 61.1 Å². The van der Waals surface area contributed by atoms with E-state index in [0.717, 1.165) is 0 Å². The van der Waals surface area contributed by atoms with Crippen LogP contribution >= 0.6 is 0 Å². The van der Waals surface area contributed by atoms with Gasteiger partial charge in [0.1, 0.15) is 11.6 Å². The Morgan fingerprint density at radius 3 is 2.45 bits per heavy atom. The predicted molar refractivity (Wildman–Crippen MR) is 107 cm³/mol. The van der Waals surface area contributed by atoms with Gasteiger partial charge in [-0.3, -0.25) is 19.3 Å². The fourth-order valence-electron chi connectivity index (χ4n) is 3.37. The zero-order valence-electron chi connectivity index (χ0n) is 15.0. The maximum atomic E-state index is 14.0. The Morgan fingerprint density at radius 1 is 0.931 bits per heavy atom. The fourth-order valence-corrected chi connectivity index (χ4v) is 3.37. The highest BCUT2D eigenvalue weighted by atomic mass is 19.1. The number of benzene rings is 1. The van der Waals surface area contributed by atoms with Gasteiger partial charge in [-0.15, -0.1) is 0 Å². The number of nitrogens with zero attached hydrogens (tertiary/aromatic N) is 4. The van der Waals surface area contributed by atoms with Crippen LogP contribution in [0.2, 0.25) is 0 Å². The highest BCUT2D eigenvalue weighted by molar-refractivity contribution is 5.91. The Bertz CT molecular complexity index is 1490. The fraction of sp³-hybridized carbons (Fsp3) is 0.0476. The Morgan fingerprint density at radius 2 is 1.69 bits per heavy atom. The third kappa shape index (κ3) is 2.82. The van der Waals surface area contributed by atoms with E-state index in [4.69, 9.17) is 0 Å². The monoisotopic (exact) mass is 387 g/mol. The molecule has 0 atom stereocenters. The van der Waals surface area contributed by atoms with Crippen molar-refractivity contribution in [1.82, 2.24) is 24.3 Å². The van der Waals surface area contributed by atoms with Crippen molar-refractivity contribution in [2.45, 2.75) is 6.54 Å². The molecule has 4 aromatic heterocycles. The molecule has 0 spiro atoms. The van der Waals surface area contributed by atoms with Gasteiger partial charge in [0.05, 0.1) is 34.5 Å². The predicted octanol–water partition coefficient (Wildman–Crippen LogP) is 2.61. The molecule has 0 aliphatic heterocycles. The number of H-pyrrole nitrogens is 1. The number of nitrogens with one attached hydrogen (secondary N) is 1. The first-order valence-corrected chi connectivity index (χ1v) is 8.90. The van der Waals surface area contributed by atoms with E-state index in [1.165, 1.54) is 15.2 Å². The quantitative estimate of drug-likeness (QED) is 0.482. The third-order valence-corrected chi connectivity index (χ3v) is 4.86. The van der Waals surface area contributed by atoms with Crippen LogP contribution in [0.15, 0.2) is 76.7 Å². The molecular formula is C21H14FN5O2. The van der Waals surface area contributed by atoms with Crippen molar-refractivity contribution < 1.29 is 4.39 Å². The van der Waals surface area contributed by atoms with Gasteiger partial charge < -0.3 is 4.57 Å². The zero-order chi connectivity index (χ0) is 20.0. The van der Waals surface area contributed by atoms with E-state index in [1.807, 2.05) is 0 Å². The Labute approximate surface area is 162 Å². The van der Waals surface area contributed by atoms with Crippen LogP contribution in [0.4, 0.5) is 4.39 Å². The Kier molecular flexibility index (Phi) is 3.83. The molecule has 0 amide bonds. The highest BCUT2D eigenvalue weighted by Gasteiger charge is 2.12. The summed E-state index contributed by atoms with van der Waals surface area (Å²) < 4.78 is 16.8. The normalized spacial score (nSPS) is 11.3. The molecule has 1 N–H and O–H groups in total. The minimum absolute atomic E-state index is 0.0899. The summed E-state index contributed by atoms with van der Waals surface area (Å²) in [5.74, 6) is 0.139. The lowest BCUT2D eigenvalue weighted by molar-refractivity contribution is 0.597. The van der Waals surface area contributed by atoms with Gasteiger partial charge >= 0.3 is 0 Å². The summed E-state index contributed by atoms with van der Waals surface area (Å²) in [6.07, 6.45) is 4.74. The number of halogens is 1. The number of hydrogen-bond donors (Lipinski definition) is 1. The summed E-state index contributed by atoms with van der Waals surface area (Å²) in [5, 5.41) is 7.22. The van der Waals surface area contributed by atoms with Gasteiger partial charge in [0.15, 0.2) is 0 Å². The number of hydrogen-bond acceptors (Lipinski definition) is 4. The molecule has 4 heterocycles. The third-order valence-electron chi connectivity index (χ3n) is 4.86. The second kappa shape index (κ2) is 6.52. The van der Waals surface area contributed by atoms with Crippen LogP contribution in [0.1, 0.15) is 5.56 Å². The highest BCUT2D eigenvalue weighted by Crippen LogP contribution is 2.16. The molecule has 0 saturated carbocycles. The molecule has 1 aromatic carbocycles. The molecule has 5 aromatic rings. The van der Waals surface area contributed by atoms with E-state index in [9.17, 15) is 14.0 Å². The SMILES string of the molecule is O=c1c2cc3c(=O)n(-c4ccn[nH]4)ccc3nc2ccn1Cc1ccccc1F. The number of pyridine rings is 3. The number of aromatic amines is 1. The molecule has 0 radical (unpaired) electrons. The minimum atomic E-state index is -0.376. The van der Waals surface area contributed by atoms with Crippen molar-refractivity contribution >= 4 is 21.8 Å². The lowest BCUT2D eigenvalue weighted by atomic mass is 10.1. The molecule has 142 valence electrons. The lowest BCUT2D eigenvalue weighted by Crippen LogP contribution is -2.22. The number of aromatic nitrogens is 5. The summed E-state index contributed by atoms with van der Waals surface area (Å²) in [6, 6.07) is 12.9. The molecule has 5 rings (SSSR count). The number of fused-ring (bicyclic) bond motifs is 2. The van der Waals surface area contributed by atoms with Gasteiger partial charge in [-0.05, 0) is 24.3 Å². The second-order valence-corrected chi connectivity index (χ2v) is 6.63. The van der Waals surface area contributed by atoms with Crippen molar-refractivity contribution in [2.24, 2.45) is 0 Å². The van der Waals surface area contributed by atoms with Crippen LogP contribution < -0.4 is 11.1 Å². The van der Waals surface area contributed by atoms with Gasteiger partial charge in [0.2, 0.25) is 0 Å². The van der Waals surface area contributed by atoms with Crippen molar-refractivity contribution in [3.8, 4) is 5.82 Å². The van der Waals surface area contributed by atoms with Gasteiger partial charge in [-0.2, -0.15) is 5.10 Å². The summed E-state index contributed by atoms with van der Waals surface area (Å²) in [5.41, 5.74) is 0.723. The molecule has 0 fully saturated rings. The van der Waals surface area contributed by atoms with Crippen molar-refractivity contribution in [1.29, 1.82) is 0 Å². The summed E-state index contributed by atoms with van der Waals surface area (Å²) in [7, 11) is 0. The first-order chi connectivity index (χ1) is 14.1. The zero-order valence-corrected chi connectivity index (χ0v) is 15.0. The number of rotatable bonds is 3. The van der Waals surface area contributed by atoms with E-state index < -0.39 is 0 Å². The smallest absolute Gasteiger partial charge is 0.265 e.